The van der Waals surface area contributed by atoms with Crippen molar-refractivity contribution < 1.29 is 5.11 Å². The van der Waals surface area contributed by atoms with Crippen LogP contribution in [0.3, 0.4) is 0 Å². The molecule has 0 radical (unpaired) electrons. The minimum absolute atomic E-state index is 0.0672. The Kier molecular flexibility index (Phi) is 3.74. The Labute approximate surface area is 81.9 Å². The Morgan fingerprint density at radius 1 is 1.23 bits per heavy atom. The van der Waals surface area contributed by atoms with E-state index in [1.165, 1.54) is 6.42 Å². The van der Waals surface area contributed by atoms with Crippen molar-refractivity contribution in [1.29, 1.82) is 0 Å². The molecule has 1 aliphatic rings. The van der Waals surface area contributed by atoms with Crippen LogP contribution in [0.1, 0.15) is 33.1 Å². The molecule has 0 aromatic rings. The van der Waals surface area contributed by atoms with Crippen LogP contribution in [-0.4, -0.2) is 36.2 Å². The van der Waals surface area contributed by atoms with Gasteiger partial charge in [-0.3, -0.25) is 0 Å². The van der Waals surface area contributed by atoms with E-state index in [9.17, 15) is 5.11 Å². The number of hydrogen-bond donors (Lipinski definition) is 1. The summed E-state index contributed by atoms with van der Waals surface area (Å²) in [6.45, 7) is 4.58. The van der Waals surface area contributed by atoms with E-state index in [-0.39, 0.29) is 6.10 Å². The molecule has 0 spiro atoms. The predicted octanol–water partition coefficient (Wildman–Crippen LogP) is 1.73. The van der Waals surface area contributed by atoms with Gasteiger partial charge in [0.2, 0.25) is 0 Å². The van der Waals surface area contributed by atoms with E-state index in [2.05, 4.69) is 32.8 Å². The maximum Gasteiger partial charge on any atom is 0.0555 e. The molecule has 3 atom stereocenters. The van der Waals surface area contributed by atoms with Crippen LogP contribution < -0.4 is 0 Å². The van der Waals surface area contributed by atoms with Gasteiger partial charge < -0.3 is 10.0 Å². The molecule has 0 bridgehead atoms. The van der Waals surface area contributed by atoms with Crippen molar-refractivity contribution in [3.63, 3.8) is 0 Å². The fourth-order valence-electron chi connectivity index (χ4n) is 2.52. The third kappa shape index (κ3) is 2.68. The van der Waals surface area contributed by atoms with Crippen molar-refractivity contribution in [3.05, 3.63) is 0 Å². The maximum absolute atomic E-state index is 9.60. The van der Waals surface area contributed by atoms with Crippen LogP contribution in [0.5, 0.6) is 0 Å². The molecule has 0 aromatic heterocycles. The van der Waals surface area contributed by atoms with Crippen LogP contribution in [0.4, 0.5) is 0 Å². The number of aliphatic hydroxyl groups excluding tert-OH is 1. The number of nitrogens with zero attached hydrogens (tertiary/aromatic N) is 1. The number of rotatable bonds is 2. The van der Waals surface area contributed by atoms with Crippen LogP contribution in [0.2, 0.25) is 0 Å². The van der Waals surface area contributed by atoms with E-state index < -0.39 is 0 Å². The first-order valence-electron chi connectivity index (χ1n) is 5.37. The van der Waals surface area contributed by atoms with Crippen molar-refractivity contribution in [2.24, 2.45) is 11.8 Å². The summed E-state index contributed by atoms with van der Waals surface area (Å²) in [6, 6.07) is 0.573. The molecule has 1 aliphatic carbocycles. The lowest BCUT2D eigenvalue weighted by molar-refractivity contribution is 0.0316. The highest BCUT2D eigenvalue weighted by Crippen LogP contribution is 2.32. The molecule has 0 aliphatic heterocycles. The Morgan fingerprint density at radius 2 is 1.85 bits per heavy atom. The largest absolute Gasteiger partial charge is 0.393 e. The highest BCUT2D eigenvalue weighted by Gasteiger charge is 2.32. The second kappa shape index (κ2) is 4.43. The van der Waals surface area contributed by atoms with Crippen molar-refractivity contribution in [1.82, 2.24) is 4.90 Å². The summed E-state index contributed by atoms with van der Waals surface area (Å²) in [6.07, 6.45) is 3.06. The highest BCUT2D eigenvalue weighted by atomic mass is 16.3. The smallest absolute Gasteiger partial charge is 0.0555 e. The van der Waals surface area contributed by atoms with Gasteiger partial charge in [-0.25, -0.2) is 0 Å². The summed E-state index contributed by atoms with van der Waals surface area (Å²) in [7, 11) is 4.25. The van der Waals surface area contributed by atoms with Gasteiger partial charge in [0.15, 0.2) is 0 Å². The molecule has 1 N–H and O–H groups in total. The zero-order valence-corrected chi connectivity index (χ0v) is 9.33. The Balaban J connectivity index is 2.60. The van der Waals surface area contributed by atoms with Crippen LogP contribution in [-0.2, 0) is 0 Å². The lowest BCUT2D eigenvalue weighted by Gasteiger charge is -2.40. The monoisotopic (exact) mass is 185 g/mol. The molecule has 1 fully saturated rings. The molecule has 0 aromatic carbocycles. The molecule has 3 unspecified atom stereocenters. The van der Waals surface area contributed by atoms with Gasteiger partial charge in [-0.15, -0.1) is 0 Å². The molecule has 0 saturated heterocycles. The molecule has 13 heavy (non-hydrogen) atoms. The first-order chi connectivity index (χ1) is 6.02. The van der Waals surface area contributed by atoms with Gasteiger partial charge in [0, 0.05) is 6.04 Å². The Morgan fingerprint density at radius 3 is 2.31 bits per heavy atom. The van der Waals surface area contributed by atoms with Crippen LogP contribution in [0.25, 0.3) is 0 Å². The third-order valence-corrected chi connectivity index (χ3v) is 3.36. The van der Waals surface area contributed by atoms with E-state index in [1.807, 2.05) is 0 Å². The molecular weight excluding hydrogens is 162 g/mol. The highest BCUT2D eigenvalue weighted by molar-refractivity contribution is 4.86. The van der Waals surface area contributed by atoms with Crippen LogP contribution in [0.15, 0.2) is 0 Å². The average Bonchev–Trinajstić information content (AvgIpc) is 2.03. The van der Waals surface area contributed by atoms with E-state index >= 15 is 0 Å². The first kappa shape index (κ1) is 11.0. The fourth-order valence-corrected chi connectivity index (χ4v) is 2.52. The van der Waals surface area contributed by atoms with Crippen molar-refractivity contribution in [2.45, 2.75) is 45.3 Å². The lowest BCUT2D eigenvalue weighted by Crippen LogP contribution is -2.43. The van der Waals surface area contributed by atoms with Gasteiger partial charge in [0.05, 0.1) is 6.10 Å². The predicted molar refractivity (Wildman–Crippen MR) is 55.7 cm³/mol. The average molecular weight is 185 g/mol. The molecule has 1 rings (SSSR count). The minimum Gasteiger partial charge on any atom is -0.393 e. The summed E-state index contributed by atoms with van der Waals surface area (Å²) in [4.78, 5) is 2.27. The molecule has 2 nitrogen and oxygen atoms in total. The number of hydrogen-bond acceptors (Lipinski definition) is 2. The topological polar surface area (TPSA) is 23.5 Å². The second-order valence-electron chi connectivity index (χ2n) is 4.91. The normalized spacial score (nSPS) is 35.8. The minimum atomic E-state index is -0.0672. The van der Waals surface area contributed by atoms with E-state index in [4.69, 9.17) is 0 Å². The van der Waals surface area contributed by atoms with Gasteiger partial charge >= 0.3 is 0 Å². The van der Waals surface area contributed by atoms with Gasteiger partial charge in [-0.1, -0.05) is 13.8 Å². The molecule has 0 amide bonds. The summed E-state index contributed by atoms with van der Waals surface area (Å²) in [5.41, 5.74) is 0. The number of aliphatic hydroxyl groups is 1. The Bertz CT molecular complexity index is 156. The maximum atomic E-state index is 9.60. The zero-order chi connectivity index (χ0) is 10.0. The molecule has 78 valence electrons. The van der Waals surface area contributed by atoms with Gasteiger partial charge in [0.25, 0.3) is 0 Å². The van der Waals surface area contributed by atoms with Gasteiger partial charge in [-0.2, -0.15) is 0 Å². The molecule has 0 heterocycles. The SMILES string of the molecule is CC(C)C1CCC(O)CC1N(C)C. The van der Waals surface area contributed by atoms with Crippen molar-refractivity contribution in [3.8, 4) is 0 Å². The summed E-state index contributed by atoms with van der Waals surface area (Å²) in [5.74, 6) is 1.50. The quantitative estimate of drug-likeness (QED) is 0.708. The van der Waals surface area contributed by atoms with E-state index in [0.717, 1.165) is 24.7 Å². The van der Waals surface area contributed by atoms with Crippen LogP contribution >= 0.6 is 0 Å². The summed E-state index contributed by atoms with van der Waals surface area (Å²) in [5, 5.41) is 9.60. The summed E-state index contributed by atoms with van der Waals surface area (Å²) >= 11 is 0. The molecule has 1 saturated carbocycles. The second-order valence-corrected chi connectivity index (χ2v) is 4.91. The Hall–Kier alpha value is -0.0800. The fraction of sp³-hybridized carbons (Fsp3) is 1.00. The molecular formula is C11H23NO. The van der Waals surface area contributed by atoms with E-state index in [0.29, 0.717) is 6.04 Å². The summed E-state index contributed by atoms with van der Waals surface area (Å²) < 4.78 is 0. The lowest BCUT2D eigenvalue weighted by atomic mass is 9.76. The van der Waals surface area contributed by atoms with Gasteiger partial charge in [0.1, 0.15) is 0 Å². The van der Waals surface area contributed by atoms with Crippen LogP contribution in [0, 0.1) is 11.8 Å². The molecule has 2 heteroatoms. The van der Waals surface area contributed by atoms with Crippen molar-refractivity contribution in [2.75, 3.05) is 14.1 Å². The zero-order valence-electron chi connectivity index (χ0n) is 9.33. The standard InChI is InChI=1S/C11H23NO/c1-8(2)10-6-5-9(13)7-11(10)12(3)4/h8-11,13H,5-7H2,1-4H3. The van der Waals surface area contributed by atoms with Gasteiger partial charge in [-0.05, 0) is 45.2 Å². The van der Waals surface area contributed by atoms with E-state index in [1.54, 1.807) is 0 Å². The van der Waals surface area contributed by atoms with Crippen molar-refractivity contribution >= 4 is 0 Å². The first-order valence-corrected chi connectivity index (χ1v) is 5.37. The third-order valence-electron chi connectivity index (χ3n) is 3.36.